The molecule has 3 rings (SSSR count). The average molecular weight is 420 g/mol. The summed E-state index contributed by atoms with van der Waals surface area (Å²) in [5, 5.41) is 2.82. The molecule has 2 aromatic rings. The first-order valence-corrected chi connectivity index (χ1v) is 8.70. The Morgan fingerprint density at radius 2 is 1.77 bits per heavy atom. The van der Waals surface area contributed by atoms with Gasteiger partial charge in [0.2, 0.25) is 5.91 Å². The van der Waals surface area contributed by atoms with Crippen LogP contribution in [0.5, 0.6) is 23.0 Å². The van der Waals surface area contributed by atoms with Gasteiger partial charge >= 0.3 is 0 Å². The van der Waals surface area contributed by atoms with Gasteiger partial charge in [-0.3, -0.25) is 4.79 Å². The normalized spacial score (nSPS) is 12.7. The standard InChI is InChI=1S/C19H18BrNO5/c1-23-15-5-3-12(9-16(15)24-2)4-6-19(22)21-14-11-18-17(10-13(14)20)25-7-8-26-18/h3-6,9-11H,7-8H2,1-2H3,(H,21,22)/b6-4+. The maximum Gasteiger partial charge on any atom is 0.248 e. The number of methoxy groups -OCH3 is 2. The number of rotatable bonds is 5. The highest BCUT2D eigenvalue weighted by Gasteiger charge is 2.15. The Labute approximate surface area is 159 Å². The molecule has 0 unspecified atom stereocenters. The number of halogens is 1. The maximum absolute atomic E-state index is 12.2. The summed E-state index contributed by atoms with van der Waals surface area (Å²) in [7, 11) is 3.14. The van der Waals surface area contributed by atoms with E-state index in [-0.39, 0.29) is 5.91 Å². The predicted octanol–water partition coefficient (Wildman–Crippen LogP) is 3.89. The second kappa shape index (κ2) is 8.14. The molecule has 1 aliphatic rings. The van der Waals surface area contributed by atoms with Crippen LogP contribution < -0.4 is 24.3 Å². The first-order chi connectivity index (χ1) is 12.6. The van der Waals surface area contributed by atoms with E-state index in [1.807, 2.05) is 6.07 Å². The number of ether oxygens (including phenoxy) is 4. The molecular formula is C19H18BrNO5. The Bertz CT molecular complexity index is 850. The number of carbonyl (C=O) groups excluding carboxylic acids is 1. The lowest BCUT2D eigenvalue weighted by atomic mass is 10.2. The van der Waals surface area contributed by atoms with Crippen molar-refractivity contribution in [3.05, 3.63) is 46.4 Å². The molecule has 0 aliphatic carbocycles. The van der Waals surface area contributed by atoms with Gasteiger partial charge in [0, 0.05) is 22.7 Å². The summed E-state index contributed by atoms with van der Waals surface area (Å²) in [4.78, 5) is 12.2. The maximum atomic E-state index is 12.2. The molecule has 26 heavy (non-hydrogen) atoms. The molecule has 0 fully saturated rings. The topological polar surface area (TPSA) is 66.0 Å². The number of hydrogen-bond donors (Lipinski definition) is 1. The molecule has 0 saturated heterocycles. The van der Waals surface area contributed by atoms with E-state index in [9.17, 15) is 4.79 Å². The van der Waals surface area contributed by atoms with Gasteiger partial charge < -0.3 is 24.3 Å². The highest BCUT2D eigenvalue weighted by molar-refractivity contribution is 9.10. The SMILES string of the molecule is COc1ccc(/C=C/C(=O)Nc2cc3c(cc2Br)OCCO3)cc1OC. The van der Waals surface area contributed by atoms with E-state index < -0.39 is 0 Å². The summed E-state index contributed by atoms with van der Waals surface area (Å²) < 4.78 is 22.2. The van der Waals surface area contributed by atoms with E-state index in [1.54, 1.807) is 44.6 Å². The van der Waals surface area contributed by atoms with Crippen LogP contribution in [-0.4, -0.2) is 33.3 Å². The first kappa shape index (κ1) is 18.1. The first-order valence-electron chi connectivity index (χ1n) is 7.91. The molecule has 0 radical (unpaired) electrons. The van der Waals surface area contributed by atoms with Crippen LogP contribution in [0.2, 0.25) is 0 Å². The Kier molecular flexibility index (Phi) is 5.68. The molecule has 1 amide bonds. The smallest absolute Gasteiger partial charge is 0.248 e. The quantitative estimate of drug-likeness (QED) is 0.744. The number of carbonyl (C=O) groups is 1. The molecule has 0 bridgehead atoms. The summed E-state index contributed by atoms with van der Waals surface area (Å²) in [5.74, 6) is 2.23. The van der Waals surface area contributed by atoms with Crippen molar-refractivity contribution in [3.8, 4) is 23.0 Å². The molecule has 0 atom stereocenters. The van der Waals surface area contributed by atoms with Gasteiger partial charge in [0.1, 0.15) is 13.2 Å². The van der Waals surface area contributed by atoms with Gasteiger partial charge in [0.25, 0.3) is 0 Å². The van der Waals surface area contributed by atoms with Crippen LogP contribution in [0.3, 0.4) is 0 Å². The molecule has 0 spiro atoms. The minimum Gasteiger partial charge on any atom is -0.493 e. The van der Waals surface area contributed by atoms with E-state index in [2.05, 4.69) is 21.2 Å². The number of hydrogen-bond acceptors (Lipinski definition) is 5. The van der Waals surface area contributed by atoms with Crippen LogP contribution in [0.25, 0.3) is 6.08 Å². The van der Waals surface area contributed by atoms with Crippen molar-refractivity contribution < 1.29 is 23.7 Å². The molecular weight excluding hydrogens is 402 g/mol. The van der Waals surface area contributed by atoms with E-state index in [1.165, 1.54) is 6.08 Å². The van der Waals surface area contributed by atoms with Gasteiger partial charge in [0.05, 0.1) is 19.9 Å². The molecule has 0 aromatic heterocycles. The Morgan fingerprint density at radius 3 is 2.46 bits per heavy atom. The molecule has 1 heterocycles. The highest BCUT2D eigenvalue weighted by Crippen LogP contribution is 2.38. The van der Waals surface area contributed by atoms with Gasteiger partial charge in [-0.1, -0.05) is 6.07 Å². The van der Waals surface area contributed by atoms with Crippen molar-refractivity contribution in [2.24, 2.45) is 0 Å². The second-order valence-electron chi connectivity index (χ2n) is 5.41. The molecule has 136 valence electrons. The van der Waals surface area contributed by atoms with E-state index >= 15 is 0 Å². The predicted molar refractivity (Wildman–Crippen MR) is 102 cm³/mol. The zero-order chi connectivity index (χ0) is 18.5. The van der Waals surface area contributed by atoms with Crippen LogP contribution in [0.1, 0.15) is 5.56 Å². The molecule has 2 aromatic carbocycles. The van der Waals surface area contributed by atoms with Gasteiger partial charge in [-0.25, -0.2) is 0 Å². The summed E-state index contributed by atoms with van der Waals surface area (Å²) in [6.07, 6.45) is 3.15. The fourth-order valence-corrected chi connectivity index (χ4v) is 2.88. The van der Waals surface area contributed by atoms with Crippen molar-refractivity contribution in [2.75, 3.05) is 32.8 Å². The lowest BCUT2D eigenvalue weighted by Crippen LogP contribution is -2.16. The molecule has 7 heteroatoms. The summed E-state index contributed by atoms with van der Waals surface area (Å²) in [6.45, 7) is 1.00. The van der Waals surface area contributed by atoms with Gasteiger partial charge in [0.15, 0.2) is 23.0 Å². The third-order valence-corrected chi connectivity index (χ3v) is 4.38. The van der Waals surface area contributed by atoms with Crippen LogP contribution >= 0.6 is 15.9 Å². The number of nitrogens with one attached hydrogen (secondary N) is 1. The molecule has 6 nitrogen and oxygen atoms in total. The van der Waals surface area contributed by atoms with Gasteiger partial charge in [-0.05, 0) is 39.7 Å². The number of amides is 1. The van der Waals surface area contributed by atoms with Crippen LogP contribution in [-0.2, 0) is 4.79 Å². The lowest BCUT2D eigenvalue weighted by molar-refractivity contribution is -0.111. The fourth-order valence-electron chi connectivity index (χ4n) is 2.46. The number of benzene rings is 2. The summed E-state index contributed by atoms with van der Waals surface area (Å²) >= 11 is 3.43. The Morgan fingerprint density at radius 1 is 1.08 bits per heavy atom. The van der Waals surface area contributed by atoms with Gasteiger partial charge in [-0.2, -0.15) is 0 Å². The molecule has 1 aliphatic heterocycles. The lowest BCUT2D eigenvalue weighted by Gasteiger charge is -2.19. The van der Waals surface area contributed by atoms with E-state index in [4.69, 9.17) is 18.9 Å². The second-order valence-corrected chi connectivity index (χ2v) is 6.27. The van der Waals surface area contributed by atoms with Crippen molar-refractivity contribution in [3.63, 3.8) is 0 Å². The van der Waals surface area contributed by atoms with Gasteiger partial charge in [-0.15, -0.1) is 0 Å². The minimum atomic E-state index is -0.267. The van der Waals surface area contributed by atoms with E-state index in [0.29, 0.717) is 41.9 Å². The van der Waals surface area contributed by atoms with Crippen molar-refractivity contribution in [1.29, 1.82) is 0 Å². The van der Waals surface area contributed by atoms with Crippen LogP contribution in [0.15, 0.2) is 40.9 Å². The van der Waals surface area contributed by atoms with Crippen molar-refractivity contribution >= 4 is 33.6 Å². The summed E-state index contributed by atoms with van der Waals surface area (Å²) in [6, 6.07) is 8.93. The Hall–Kier alpha value is -2.67. The molecule has 0 saturated carbocycles. The third kappa shape index (κ3) is 4.11. The van der Waals surface area contributed by atoms with Crippen LogP contribution in [0, 0.1) is 0 Å². The zero-order valence-electron chi connectivity index (χ0n) is 14.4. The number of fused-ring (bicyclic) bond motifs is 1. The number of anilines is 1. The monoisotopic (exact) mass is 419 g/mol. The van der Waals surface area contributed by atoms with Crippen molar-refractivity contribution in [1.82, 2.24) is 0 Å². The Balaban J connectivity index is 1.72. The van der Waals surface area contributed by atoms with Crippen molar-refractivity contribution in [2.45, 2.75) is 0 Å². The average Bonchev–Trinajstić information content (AvgIpc) is 2.66. The van der Waals surface area contributed by atoms with Crippen LogP contribution in [0.4, 0.5) is 5.69 Å². The highest BCUT2D eigenvalue weighted by atomic mass is 79.9. The fraction of sp³-hybridized carbons (Fsp3) is 0.211. The third-order valence-electron chi connectivity index (χ3n) is 3.72. The minimum absolute atomic E-state index is 0.267. The van der Waals surface area contributed by atoms with E-state index in [0.717, 1.165) is 10.0 Å². The largest absolute Gasteiger partial charge is 0.493 e. The summed E-state index contributed by atoms with van der Waals surface area (Å²) in [5.41, 5.74) is 1.43. The zero-order valence-corrected chi connectivity index (χ0v) is 16.0. The molecule has 1 N–H and O–H groups in total.